The van der Waals surface area contributed by atoms with Crippen LogP contribution in [-0.4, -0.2) is 13.4 Å². The van der Waals surface area contributed by atoms with Gasteiger partial charge in [0.1, 0.15) is 0 Å². The molecule has 0 amide bonds. The van der Waals surface area contributed by atoms with Gasteiger partial charge in [-0.1, -0.05) is 17.7 Å². The molecule has 20 heavy (non-hydrogen) atoms. The van der Waals surface area contributed by atoms with Crippen LogP contribution in [0.3, 0.4) is 0 Å². The SMILES string of the molecule is Cc1ccc(S(=O)(=O)Nc2nc3c(s2)CCCC3)cc1. The quantitative estimate of drug-likeness (QED) is 0.947. The van der Waals surface area contributed by atoms with E-state index in [1.54, 1.807) is 24.3 Å². The summed E-state index contributed by atoms with van der Waals surface area (Å²) in [6, 6.07) is 6.82. The lowest BCUT2D eigenvalue weighted by molar-refractivity contribution is 0.601. The standard InChI is InChI=1S/C14H16N2O2S2/c1-10-6-8-11(9-7-10)20(17,18)16-14-15-12-4-2-3-5-13(12)19-14/h6-9H,2-5H2,1H3,(H,15,16). The van der Waals surface area contributed by atoms with E-state index in [-0.39, 0.29) is 4.90 Å². The monoisotopic (exact) mass is 308 g/mol. The van der Waals surface area contributed by atoms with Crippen molar-refractivity contribution in [3.8, 4) is 0 Å². The Hall–Kier alpha value is -1.40. The fraction of sp³-hybridized carbons (Fsp3) is 0.357. The van der Waals surface area contributed by atoms with Crippen LogP contribution in [0.2, 0.25) is 0 Å². The molecule has 0 saturated carbocycles. The summed E-state index contributed by atoms with van der Waals surface area (Å²) in [7, 11) is -3.53. The lowest BCUT2D eigenvalue weighted by Crippen LogP contribution is -2.12. The van der Waals surface area contributed by atoms with E-state index in [4.69, 9.17) is 0 Å². The molecule has 6 heteroatoms. The number of fused-ring (bicyclic) bond motifs is 1. The molecule has 3 rings (SSSR count). The Morgan fingerprint density at radius 2 is 1.85 bits per heavy atom. The maximum Gasteiger partial charge on any atom is 0.263 e. The first kappa shape index (κ1) is 13.6. The van der Waals surface area contributed by atoms with Crippen LogP contribution in [0.5, 0.6) is 0 Å². The summed E-state index contributed by atoms with van der Waals surface area (Å²) in [6.45, 7) is 1.93. The molecule has 0 unspecified atom stereocenters. The largest absolute Gasteiger partial charge is 0.263 e. The van der Waals surface area contributed by atoms with Crippen molar-refractivity contribution < 1.29 is 8.42 Å². The van der Waals surface area contributed by atoms with Crippen molar-refractivity contribution in [1.82, 2.24) is 4.98 Å². The molecule has 0 radical (unpaired) electrons. The van der Waals surface area contributed by atoms with Gasteiger partial charge in [-0.05, 0) is 44.7 Å². The van der Waals surface area contributed by atoms with Crippen LogP contribution in [0.15, 0.2) is 29.2 Å². The molecule has 1 aliphatic rings. The summed E-state index contributed by atoms with van der Waals surface area (Å²) in [5.74, 6) is 0. The number of hydrogen-bond acceptors (Lipinski definition) is 4. The summed E-state index contributed by atoms with van der Waals surface area (Å²) in [4.78, 5) is 5.90. The Kier molecular flexibility index (Phi) is 3.52. The Morgan fingerprint density at radius 1 is 1.15 bits per heavy atom. The number of aryl methyl sites for hydroxylation is 3. The summed E-state index contributed by atoms with van der Waals surface area (Å²) in [5.41, 5.74) is 2.09. The molecule has 0 saturated heterocycles. The van der Waals surface area contributed by atoms with Crippen LogP contribution >= 0.6 is 11.3 Å². The van der Waals surface area contributed by atoms with Gasteiger partial charge in [0.25, 0.3) is 10.0 Å². The van der Waals surface area contributed by atoms with Crippen LogP contribution in [0.4, 0.5) is 5.13 Å². The molecule has 2 aromatic rings. The van der Waals surface area contributed by atoms with Gasteiger partial charge >= 0.3 is 0 Å². The van der Waals surface area contributed by atoms with Gasteiger partial charge in [0, 0.05) is 4.88 Å². The van der Waals surface area contributed by atoms with Crippen LogP contribution in [0.25, 0.3) is 0 Å². The molecule has 0 fully saturated rings. The summed E-state index contributed by atoms with van der Waals surface area (Å²) in [6.07, 6.45) is 4.28. The minimum Gasteiger partial charge on any atom is -0.255 e. The lowest BCUT2D eigenvalue weighted by Gasteiger charge is -2.06. The van der Waals surface area contributed by atoms with Crippen LogP contribution in [-0.2, 0) is 22.9 Å². The van der Waals surface area contributed by atoms with E-state index in [1.165, 1.54) is 22.6 Å². The Labute approximate surface area is 122 Å². The normalized spacial score (nSPS) is 14.8. The summed E-state index contributed by atoms with van der Waals surface area (Å²) >= 11 is 1.46. The van der Waals surface area contributed by atoms with Gasteiger partial charge in [-0.2, -0.15) is 0 Å². The first-order valence-electron chi connectivity index (χ1n) is 6.63. The molecule has 106 valence electrons. The number of thiazole rings is 1. The second-order valence-corrected chi connectivity index (χ2v) is 7.78. The molecule has 0 aliphatic heterocycles. The highest BCUT2D eigenvalue weighted by Crippen LogP contribution is 2.30. The first-order valence-corrected chi connectivity index (χ1v) is 8.93. The van der Waals surface area contributed by atoms with Crippen LogP contribution < -0.4 is 4.72 Å². The van der Waals surface area contributed by atoms with Crippen molar-refractivity contribution in [2.75, 3.05) is 4.72 Å². The van der Waals surface area contributed by atoms with Crippen LogP contribution in [0, 0.1) is 6.92 Å². The molecule has 1 aromatic heterocycles. The number of rotatable bonds is 3. The highest BCUT2D eigenvalue weighted by molar-refractivity contribution is 7.93. The molecule has 0 spiro atoms. The number of benzene rings is 1. The average Bonchev–Trinajstić information content (AvgIpc) is 2.80. The molecule has 1 aromatic carbocycles. The van der Waals surface area contributed by atoms with Crippen molar-refractivity contribution in [1.29, 1.82) is 0 Å². The maximum atomic E-state index is 12.3. The van der Waals surface area contributed by atoms with Gasteiger partial charge in [0.15, 0.2) is 5.13 Å². The van der Waals surface area contributed by atoms with Crippen molar-refractivity contribution in [2.24, 2.45) is 0 Å². The minimum atomic E-state index is -3.53. The molecule has 1 aliphatic carbocycles. The highest BCUT2D eigenvalue weighted by Gasteiger charge is 2.19. The van der Waals surface area contributed by atoms with Crippen molar-refractivity contribution >= 4 is 26.5 Å². The van der Waals surface area contributed by atoms with E-state index >= 15 is 0 Å². The molecule has 1 heterocycles. The molecular weight excluding hydrogens is 292 g/mol. The summed E-state index contributed by atoms with van der Waals surface area (Å²) < 4.78 is 27.2. The van der Waals surface area contributed by atoms with E-state index in [2.05, 4.69) is 9.71 Å². The lowest BCUT2D eigenvalue weighted by atomic mass is 10.0. The van der Waals surface area contributed by atoms with Crippen molar-refractivity contribution in [3.63, 3.8) is 0 Å². The van der Waals surface area contributed by atoms with E-state index < -0.39 is 10.0 Å². The van der Waals surface area contributed by atoms with Crippen molar-refractivity contribution in [2.45, 2.75) is 37.5 Å². The van der Waals surface area contributed by atoms with Gasteiger partial charge in [0.2, 0.25) is 0 Å². The minimum absolute atomic E-state index is 0.274. The van der Waals surface area contributed by atoms with Gasteiger partial charge in [-0.3, -0.25) is 4.72 Å². The van der Waals surface area contributed by atoms with Gasteiger partial charge < -0.3 is 0 Å². The number of aromatic nitrogens is 1. The first-order chi connectivity index (χ1) is 9.54. The number of anilines is 1. The van der Waals surface area contributed by atoms with Gasteiger partial charge in [-0.15, -0.1) is 11.3 Å². The van der Waals surface area contributed by atoms with Gasteiger partial charge in [-0.25, -0.2) is 13.4 Å². The topological polar surface area (TPSA) is 59.1 Å². The Bertz CT molecular complexity index is 695. The van der Waals surface area contributed by atoms with E-state index in [0.29, 0.717) is 5.13 Å². The smallest absolute Gasteiger partial charge is 0.255 e. The molecule has 1 N–H and O–H groups in total. The zero-order chi connectivity index (χ0) is 14.2. The summed E-state index contributed by atoms with van der Waals surface area (Å²) in [5, 5.41) is 0.484. The third-order valence-corrected chi connectivity index (χ3v) is 5.96. The third kappa shape index (κ3) is 2.71. The number of nitrogens with zero attached hydrogens (tertiary/aromatic N) is 1. The second kappa shape index (κ2) is 5.18. The molecule has 4 nitrogen and oxygen atoms in total. The fourth-order valence-electron chi connectivity index (χ4n) is 2.29. The van der Waals surface area contributed by atoms with Crippen LogP contribution in [0.1, 0.15) is 29.0 Å². The third-order valence-electron chi connectivity index (χ3n) is 3.40. The number of sulfonamides is 1. The molecular formula is C14H16N2O2S2. The number of nitrogens with one attached hydrogen (secondary N) is 1. The Balaban J connectivity index is 1.86. The average molecular weight is 308 g/mol. The predicted octanol–water partition coefficient (Wildman–Crippen LogP) is 3.13. The number of hydrogen-bond donors (Lipinski definition) is 1. The van der Waals surface area contributed by atoms with Crippen molar-refractivity contribution in [3.05, 3.63) is 40.4 Å². The van der Waals surface area contributed by atoms with E-state index in [9.17, 15) is 8.42 Å². The maximum absolute atomic E-state index is 12.3. The zero-order valence-electron chi connectivity index (χ0n) is 11.2. The Morgan fingerprint density at radius 3 is 2.55 bits per heavy atom. The zero-order valence-corrected chi connectivity index (χ0v) is 12.9. The predicted molar refractivity (Wildman–Crippen MR) is 80.7 cm³/mol. The molecule has 0 bridgehead atoms. The fourth-order valence-corrected chi connectivity index (χ4v) is 4.57. The van der Waals surface area contributed by atoms with Gasteiger partial charge in [0.05, 0.1) is 10.6 Å². The van der Waals surface area contributed by atoms with E-state index in [0.717, 1.165) is 30.5 Å². The van der Waals surface area contributed by atoms with E-state index in [1.807, 2.05) is 6.92 Å². The highest BCUT2D eigenvalue weighted by atomic mass is 32.2. The molecule has 0 atom stereocenters. The second-order valence-electron chi connectivity index (χ2n) is 5.01.